The number of carbonyl (C=O) groups excluding carboxylic acids is 2. The standard InChI is InChI=1S/C17H27N3O4/c21-14(19-16(24)18-13-6-2-1-3-7-13)10-20-9-12-5-4-8-17(12,11-20)15(22)23/h12-13H,1-11H2,(H,22,23)(H2,18,19,21,24)/t12-,17+/m0/s1. The van der Waals surface area contributed by atoms with Crippen LogP contribution in [0.3, 0.4) is 0 Å². The molecule has 0 aromatic heterocycles. The highest BCUT2D eigenvalue weighted by Gasteiger charge is 2.54. The number of aliphatic carboxylic acids is 1. The van der Waals surface area contributed by atoms with Crippen molar-refractivity contribution in [2.45, 2.75) is 57.4 Å². The van der Waals surface area contributed by atoms with E-state index in [2.05, 4.69) is 10.6 Å². The third-order valence-corrected chi connectivity index (χ3v) is 5.93. The number of nitrogens with one attached hydrogen (secondary N) is 2. The van der Waals surface area contributed by atoms with Crippen molar-refractivity contribution in [1.82, 2.24) is 15.5 Å². The predicted octanol–water partition coefficient (Wildman–Crippen LogP) is 1.33. The van der Waals surface area contributed by atoms with Crippen LogP contribution in [0.5, 0.6) is 0 Å². The van der Waals surface area contributed by atoms with E-state index in [-0.39, 0.29) is 24.4 Å². The molecule has 3 fully saturated rings. The van der Waals surface area contributed by atoms with Gasteiger partial charge in [0.05, 0.1) is 12.0 Å². The third kappa shape index (κ3) is 3.55. The minimum atomic E-state index is -0.747. The van der Waals surface area contributed by atoms with Crippen LogP contribution in [0.15, 0.2) is 0 Å². The van der Waals surface area contributed by atoms with Crippen molar-refractivity contribution < 1.29 is 19.5 Å². The molecule has 2 aliphatic carbocycles. The van der Waals surface area contributed by atoms with Crippen LogP contribution in [-0.4, -0.2) is 53.6 Å². The molecule has 3 aliphatic rings. The first-order chi connectivity index (χ1) is 11.5. The molecule has 7 nitrogen and oxygen atoms in total. The quantitative estimate of drug-likeness (QED) is 0.719. The Morgan fingerprint density at radius 3 is 2.50 bits per heavy atom. The topological polar surface area (TPSA) is 98.7 Å². The molecule has 1 aliphatic heterocycles. The normalized spacial score (nSPS) is 30.8. The number of hydrogen-bond acceptors (Lipinski definition) is 4. The molecular formula is C17H27N3O4. The van der Waals surface area contributed by atoms with E-state index < -0.39 is 17.4 Å². The molecule has 2 saturated carbocycles. The molecule has 1 heterocycles. The van der Waals surface area contributed by atoms with Gasteiger partial charge in [0.1, 0.15) is 0 Å². The fourth-order valence-electron chi connectivity index (χ4n) is 4.70. The summed E-state index contributed by atoms with van der Waals surface area (Å²) in [5.74, 6) is -0.981. The predicted molar refractivity (Wildman–Crippen MR) is 87.4 cm³/mol. The Kier molecular flexibility index (Phi) is 5.08. The zero-order valence-corrected chi connectivity index (χ0v) is 14.1. The van der Waals surface area contributed by atoms with Crippen LogP contribution in [0.4, 0.5) is 4.79 Å². The number of likely N-dealkylation sites (tertiary alicyclic amines) is 1. The maximum atomic E-state index is 12.1. The average molecular weight is 337 g/mol. The number of hydrogen-bond donors (Lipinski definition) is 3. The van der Waals surface area contributed by atoms with Gasteiger partial charge in [0.25, 0.3) is 0 Å². The highest BCUT2D eigenvalue weighted by molar-refractivity contribution is 5.95. The fourth-order valence-corrected chi connectivity index (χ4v) is 4.70. The Hall–Kier alpha value is -1.63. The zero-order chi connectivity index (χ0) is 17.2. The minimum absolute atomic E-state index is 0.0869. The molecule has 0 aromatic rings. The third-order valence-electron chi connectivity index (χ3n) is 5.93. The summed E-state index contributed by atoms with van der Waals surface area (Å²) in [4.78, 5) is 37.5. The van der Waals surface area contributed by atoms with Gasteiger partial charge in [0.15, 0.2) is 0 Å². The molecule has 0 spiro atoms. The van der Waals surface area contributed by atoms with Gasteiger partial charge in [-0.15, -0.1) is 0 Å². The lowest BCUT2D eigenvalue weighted by Crippen LogP contribution is -2.48. The number of rotatable bonds is 4. The molecule has 1 saturated heterocycles. The Bertz CT molecular complexity index is 518. The molecule has 7 heteroatoms. The van der Waals surface area contributed by atoms with Gasteiger partial charge in [0.2, 0.25) is 5.91 Å². The van der Waals surface area contributed by atoms with E-state index in [1.165, 1.54) is 6.42 Å². The first kappa shape index (κ1) is 17.2. The van der Waals surface area contributed by atoms with Crippen LogP contribution in [0.2, 0.25) is 0 Å². The molecular weight excluding hydrogens is 310 g/mol. The first-order valence-corrected chi connectivity index (χ1v) is 9.06. The van der Waals surface area contributed by atoms with Crippen LogP contribution >= 0.6 is 0 Å². The summed E-state index contributed by atoms with van der Waals surface area (Å²) in [7, 11) is 0. The van der Waals surface area contributed by atoms with Crippen molar-refractivity contribution in [2.75, 3.05) is 19.6 Å². The van der Waals surface area contributed by atoms with Crippen molar-refractivity contribution in [3.05, 3.63) is 0 Å². The molecule has 0 unspecified atom stereocenters. The Labute approximate surface area is 142 Å². The molecule has 3 rings (SSSR count). The maximum absolute atomic E-state index is 12.1. The van der Waals surface area contributed by atoms with Gasteiger partial charge in [-0.25, -0.2) is 4.79 Å². The highest BCUT2D eigenvalue weighted by Crippen LogP contribution is 2.48. The average Bonchev–Trinajstić information content (AvgIpc) is 3.05. The number of nitrogens with zero attached hydrogens (tertiary/aromatic N) is 1. The number of imide groups is 1. The number of carbonyl (C=O) groups is 3. The van der Waals surface area contributed by atoms with Crippen LogP contribution < -0.4 is 10.6 Å². The molecule has 2 atom stereocenters. The second-order valence-electron chi connectivity index (χ2n) is 7.58. The zero-order valence-electron chi connectivity index (χ0n) is 14.1. The monoisotopic (exact) mass is 337 g/mol. The number of carboxylic acids is 1. The van der Waals surface area contributed by atoms with E-state index in [1.54, 1.807) is 0 Å². The van der Waals surface area contributed by atoms with E-state index in [0.717, 1.165) is 38.5 Å². The van der Waals surface area contributed by atoms with Crippen LogP contribution in [0.25, 0.3) is 0 Å². The molecule has 3 N–H and O–H groups in total. The van der Waals surface area contributed by atoms with Crippen LogP contribution in [0, 0.1) is 11.3 Å². The Morgan fingerprint density at radius 1 is 1.08 bits per heavy atom. The number of carboxylic acid groups (broad SMARTS) is 1. The number of urea groups is 1. The van der Waals surface area contributed by atoms with Gasteiger partial charge in [-0.1, -0.05) is 25.7 Å². The Morgan fingerprint density at radius 2 is 1.83 bits per heavy atom. The smallest absolute Gasteiger partial charge is 0.321 e. The van der Waals surface area contributed by atoms with Crippen LogP contribution in [0.1, 0.15) is 51.4 Å². The summed E-state index contributed by atoms with van der Waals surface area (Å²) in [5.41, 5.74) is -0.690. The second-order valence-corrected chi connectivity index (χ2v) is 7.58. The summed E-state index contributed by atoms with van der Waals surface area (Å²) in [5, 5.41) is 14.8. The summed E-state index contributed by atoms with van der Waals surface area (Å²) >= 11 is 0. The molecule has 0 bridgehead atoms. The van der Waals surface area contributed by atoms with Gasteiger partial charge in [-0.05, 0) is 31.6 Å². The highest BCUT2D eigenvalue weighted by atomic mass is 16.4. The summed E-state index contributed by atoms with van der Waals surface area (Å²) in [6.45, 7) is 1.12. The Balaban J connectivity index is 1.45. The largest absolute Gasteiger partial charge is 0.481 e. The molecule has 0 aromatic carbocycles. The van der Waals surface area contributed by atoms with E-state index in [1.807, 2.05) is 4.90 Å². The van der Waals surface area contributed by atoms with Crippen molar-refractivity contribution in [2.24, 2.45) is 11.3 Å². The lowest BCUT2D eigenvalue weighted by atomic mass is 9.81. The maximum Gasteiger partial charge on any atom is 0.321 e. The summed E-state index contributed by atoms with van der Waals surface area (Å²) in [6.07, 6.45) is 7.92. The molecule has 134 valence electrons. The second kappa shape index (κ2) is 7.09. The van der Waals surface area contributed by atoms with E-state index in [0.29, 0.717) is 19.5 Å². The SMILES string of the molecule is O=C(CN1C[C@@H]2CCC[C@@]2(C(=O)O)C1)NC(=O)NC1CCCCC1. The first-order valence-electron chi connectivity index (χ1n) is 9.06. The molecule has 24 heavy (non-hydrogen) atoms. The molecule has 0 radical (unpaired) electrons. The van der Waals surface area contributed by atoms with Gasteiger partial charge in [0, 0.05) is 19.1 Å². The van der Waals surface area contributed by atoms with E-state index in [9.17, 15) is 19.5 Å². The van der Waals surface area contributed by atoms with E-state index >= 15 is 0 Å². The lowest BCUT2D eigenvalue weighted by molar-refractivity contribution is -0.149. The minimum Gasteiger partial charge on any atom is -0.481 e. The van der Waals surface area contributed by atoms with Gasteiger partial charge < -0.3 is 10.4 Å². The van der Waals surface area contributed by atoms with Crippen molar-refractivity contribution in [3.8, 4) is 0 Å². The lowest BCUT2D eigenvalue weighted by Gasteiger charge is -2.24. The van der Waals surface area contributed by atoms with Gasteiger partial charge >= 0.3 is 12.0 Å². The number of amides is 3. The van der Waals surface area contributed by atoms with Crippen molar-refractivity contribution in [3.63, 3.8) is 0 Å². The fraction of sp³-hybridized carbons (Fsp3) is 0.824. The van der Waals surface area contributed by atoms with Crippen molar-refractivity contribution in [1.29, 1.82) is 0 Å². The van der Waals surface area contributed by atoms with Crippen molar-refractivity contribution >= 4 is 17.9 Å². The van der Waals surface area contributed by atoms with Crippen LogP contribution in [-0.2, 0) is 9.59 Å². The molecule has 3 amide bonds. The summed E-state index contributed by atoms with van der Waals surface area (Å²) in [6, 6.07) is -0.271. The van der Waals surface area contributed by atoms with Gasteiger partial charge in [-0.2, -0.15) is 0 Å². The van der Waals surface area contributed by atoms with Gasteiger partial charge in [-0.3, -0.25) is 19.8 Å². The van der Waals surface area contributed by atoms with E-state index in [4.69, 9.17) is 0 Å². The summed E-state index contributed by atoms with van der Waals surface area (Å²) < 4.78 is 0. The number of fused-ring (bicyclic) bond motifs is 1.